The topological polar surface area (TPSA) is 70.7 Å². The van der Waals surface area contributed by atoms with E-state index in [0.29, 0.717) is 18.7 Å². The maximum Gasteiger partial charge on any atom is 0.410 e. The Labute approximate surface area is 214 Å². The Balaban J connectivity index is 1.39. The molecule has 190 valence electrons. The lowest BCUT2D eigenvalue weighted by Gasteiger charge is -2.34. The standard InChI is InChI=1S/C30H37N3O3/c1-20-13-14-24(32-23-15-17-33(18-16-23)29(35)36-30(3,4)5)19-27(20)28(34)31-21(2)25-12-8-10-22-9-6-7-11-26(22)25/h6-14,19,21,23,32H,15-18H2,1-5H3,(H,31,34). The average molecular weight is 488 g/mol. The van der Waals surface area contributed by atoms with E-state index in [-0.39, 0.29) is 24.1 Å². The molecule has 0 spiro atoms. The number of nitrogens with zero attached hydrogens (tertiary/aromatic N) is 1. The summed E-state index contributed by atoms with van der Waals surface area (Å²) in [5.41, 5.74) is 3.13. The largest absolute Gasteiger partial charge is 0.444 e. The van der Waals surface area contributed by atoms with Gasteiger partial charge in [0.25, 0.3) is 5.91 Å². The molecule has 0 radical (unpaired) electrons. The van der Waals surface area contributed by atoms with Gasteiger partial charge >= 0.3 is 6.09 Å². The van der Waals surface area contributed by atoms with Crippen molar-refractivity contribution in [3.05, 3.63) is 77.4 Å². The van der Waals surface area contributed by atoms with E-state index < -0.39 is 5.60 Å². The first kappa shape index (κ1) is 25.5. The van der Waals surface area contributed by atoms with Crippen LogP contribution < -0.4 is 10.6 Å². The molecule has 1 unspecified atom stereocenters. The van der Waals surface area contributed by atoms with Crippen LogP contribution in [0.4, 0.5) is 10.5 Å². The fourth-order valence-corrected chi connectivity index (χ4v) is 4.71. The van der Waals surface area contributed by atoms with Crippen LogP contribution in [0.1, 0.15) is 68.1 Å². The van der Waals surface area contributed by atoms with E-state index in [0.717, 1.165) is 40.4 Å². The molecule has 4 rings (SSSR count). The number of amides is 2. The number of aryl methyl sites for hydroxylation is 1. The molecule has 0 bridgehead atoms. The lowest BCUT2D eigenvalue weighted by molar-refractivity contribution is 0.0210. The Kier molecular flexibility index (Phi) is 7.53. The number of ether oxygens (including phenoxy) is 1. The van der Waals surface area contributed by atoms with Crippen LogP contribution in [-0.4, -0.2) is 41.6 Å². The second kappa shape index (κ2) is 10.6. The van der Waals surface area contributed by atoms with Gasteiger partial charge in [0, 0.05) is 30.4 Å². The third-order valence-corrected chi connectivity index (χ3v) is 6.64. The SMILES string of the molecule is Cc1ccc(NC2CCN(C(=O)OC(C)(C)C)CC2)cc1C(=O)NC(C)c1cccc2ccccc12. The summed E-state index contributed by atoms with van der Waals surface area (Å²) >= 11 is 0. The van der Waals surface area contributed by atoms with Crippen LogP contribution in [0.3, 0.4) is 0 Å². The molecule has 2 amide bonds. The number of anilines is 1. The van der Waals surface area contributed by atoms with E-state index in [2.05, 4.69) is 34.9 Å². The lowest BCUT2D eigenvalue weighted by Crippen LogP contribution is -2.44. The first-order chi connectivity index (χ1) is 17.1. The van der Waals surface area contributed by atoms with Gasteiger partial charge in [0.05, 0.1) is 6.04 Å². The fourth-order valence-electron chi connectivity index (χ4n) is 4.71. The highest BCUT2D eigenvalue weighted by Crippen LogP contribution is 2.26. The molecule has 3 aromatic rings. The first-order valence-electron chi connectivity index (χ1n) is 12.7. The Hall–Kier alpha value is -3.54. The Morgan fingerprint density at radius 1 is 1.00 bits per heavy atom. The number of carbonyl (C=O) groups is 2. The minimum absolute atomic E-state index is 0.0867. The van der Waals surface area contributed by atoms with Gasteiger partial charge in [-0.2, -0.15) is 0 Å². The summed E-state index contributed by atoms with van der Waals surface area (Å²) in [6.45, 7) is 10.9. The van der Waals surface area contributed by atoms with Crippen molar-refractivity contribution in [3.63, 3.8) is 0 Å². The van der Waals surface area contributed by atoms with Crippen molar-refractivity contribution in [1.29, 1.82) is 0 Å². The van der Waals surface area contributed by atoms with Crippen molar-refractivity contribution in [2.24, 2.45) is 0 Å². The smallest absolute Gasteiger partial charge is 0.410 e. The highest BCUT2D eigenvalue weighted by molar-refractivity contribution is 5.97. The maximum atomic E-state index is 13.3. The molecule has 1 heterocycles. The molecule has 1 saturated heterocycles. The predicted molar refractivity (Wildman–Crippen MR) is 145 cm³/mol. The van der Waals surface area contributed by atoms with Gasteiger partial charge < -0.3 is 20.3 Å². The van der Waals surface area contributed by atoms with Crippen LogP contribution >= 0.6 is 0 Å². The number of benzene rings is 3. The summed E-state index contributed by atoms with van der Waals surface area (Å²) in [4.78, 5) is 27.4. The van der Waals surface area contributed by atoms with Crippen molar-refractivity contribution >= 4 is 28.5 Å². The Morgan fingerprint density at radius 3 is 2.42 bits per heavy atom. The van der Waals surface area contributed by atoms with E-state index in [1.165, 1.54) is 0 Å². The number of carbonyl (C=O) groups excluding carboxylic acids is 2. The van der Waals surface area contributed by atoms with Gasteiger partial charge in [-0.3, -0.25) is 4.79 Å². The summed E-state index contributed by atoms with van der Waals surface area (Å²) in [6, 6.07) is 20.5. The number of nitrogens with one attached hydrogen (secondary N) is 2. The molecule has 1 aliphatic rings. The van der Waals surface area contributed by atoms with Crippen molar-refractivity contribution in [2.45, 2.75) is 65.1 Å². The van der Waals surface area contributed by atoms with Crippen LogP contribution in [0, 0.1) is 6.92 Å². The van der Waals surface area contributed by atoms with Crippen molar-refractivity contribution in [1.82, 2.24) is 10.2 Å². The number of fused-ring (bicyclic) bond motifs is 1. The predicted octanol–water partition coefficient (Wildman–Crippen LogP) is 6.45. The van der Waals surface area contributed by atoms with Crippen LogP contribution in [-0.2, 0) is 4.74 Å². The summed E-state index contributed by atoms with van der Waals surface area (Å²) in [5.74, 6) is -0.0867. The van der Waals surface area contributed by atoms with E-state index in [1.807, 2.05) is 71.0 Å². The van der Waals surface area contributed by atoms with Gasteiger partial charge in [0.1, 0.15) is 5.60 Å². The zero-order chi connectivity index (χ0) is 25.9. The second-order valence-corrected chi connectivity index (χ2v) is 10.7. The molecule has 6 nitrogen and oxygen atoms in total. The second-order valence-electron chi connectivity index (χ2n) is 10.7. The summed E-state index contributed by atoms with van der Waals surface area (Å²) in [5, 5.41) is 9.06. The monoisotopic (exact) mass is 487 g/mol. The highest BCUT2D eigenvalue weighted by Gasteiger charge is 2.27. The normalized spacial score (nSPS) is 15.4. The average Bonchev–Trinajstić information content (AvgIpc) is 2.84. The zero-order valence-electron chi connectivity index (χ0n) is 21.9. The number of hydrogen-bond acceptors (Lipinski definition) is 4. The Bertz CT molecular complexity index is 1230. The number of hydrogen-bond donors (Lipinski definition) is 2. The fraction of sp³-hybridized carbons (Fsp3) is 0.400. The van der Waals surface area contributed by atoms with Gasteiger partial charge in [-0.15, -0.1) is 0 Å². The zero-order valence-corrected chi connectivity index (χ0v) is 21.9. The molecular formula is C30H37N3O3. The van der Waals surface area contributed by atoms with Crippen molar-refractivity contribution in [3.8, 4) is 0 Å². The van der Waals surface area contributed by atoms with Crippen LogP contribution in [0.5, 0.6) is 0 Å². The Morgan fingerprint density at radius 2 is 1.69 bits per heavy atom. The van der Waals surface area contributed by atoms with Crippen molar-refractivity contribution in [2.75, 3.05) is 18.4 Å². The van der Waals surface area contributed by atoms with E-state index >= 15 is 0 Å². The number of likely N-dealkylation sites (tertiary alicyclic amines) is 1. The molecule has 3 aromatic carbocycles. The van der Waals surface area contributed by atoms with Gasteiger partial charge in [-0.1, -0.05) is 48.5 Å². The van der Waals surface area contributed by atoms with Crippen molar-refractivity contribution < 1.29 is 14.3 Å². The molecule has 1 aliphatic heterocycles. The van der Waals surface area contributed by atoms with Gasteiger partial charge in [-0.25, -0.2) is 4.79 Å². The van der Waals surface area contributed by atoms with E-state index in [1.54, 1.807) is 4.90 Å². The maximum absolute atomic E-state index is 13.3. The minimum atomic E-state index is -0.490. The number of piperidine rings is 1. The van der Waals surface area contributed by atoms with Crippen LogP contribution in [0.25, 0.3) is 10.8 Å². The molecule has 1 fully saturated rings. The molecule has 1 atom stereocenters. The van der Waals surface area contributed by atoms with E-state index in [9.17, 15) is 9.59 Å². The first-order valence-corrected chi connectivity index (χ1v) is 12.7. The summed E-state index contributed by atoms with van der Waals surface area (Å²) in [6.07, 6.45) is 1.40. The molecule has 0 aliphatic carbocycles. The molecule has 6 heteroatoms. The van der Waals surface area contributed by atoms with Gasteiger partial charge in [0.15, 0.2) is 0 Å². The molecule has 2 N–H and O–H groups in total. The minimum Gasteiger partial charge on any atom is -0.444 e. The molecule has 36 heavy (non-hydrogen) atoms. The molecule has 0 saturated carbocycles. The van der Waals surface area contributed by atoms with Crippen LogP contribution in [0.2, 0.25) is 0 Å². The third-order valence-electron chi connectivity index (χ3n) is 6.64. The molecular weight excluding hydrogens is 450 g/mol. The summed E-state index contributed by atoms with van der Waals surface area (Å²) in [7, 11) is 0. The quantitative estimate of drug-likeness (QED) is 0.434. The van der Waals surface area contributed by atoms with E-state index in [4.69, 9.17) is 4.74 Å². The number of rotatable bonds is 5. The van der Waals surface area contributed by atoms with Gasteiger partial charge in [0.2, 0.25) is 0 Å². The molecule has 0 aromatic heterocycles. The third kappa shape index (κ3) is 6.17. The van der Waals surface area contributed by atoms with Gasteiger partial charge in [-0.05, 0) is 81.5 Å². The summed E-state index contributed by atoms with van der Waals surface area (Å²) < 4.78 is 5.50. The highest BCUT2D eigenvalue weighted by atomic mass is 16.6. The van der Waals surface area contributed by atoms with Crippen LogP contribution in [0.15, 0.2) is 60.7 Å². The lowest BCUT2D eigenvalue weighted by atomic mass is 9.99.